The maximum atomic E-state index is 13.8. The van der Waals surface area contributed by atoms with Crippen LogP contribution >= 0.6 is 0 Å². The van der Waals surface area contributed by atoms with Crippen LogP contribution in [0.2, 0.25) is 0 Å². The normalized spacial score (nSPS) is 24.0. The van der Waals surface area contributed by atoms with Gasteiger partial charge < -0.3 is 19.9 Å². The first-order chi connectivity index (χ1) is 14.8. The summed E-state index contributed by atoms with van der Waals surface area (Å²) in [4.78, 5) is 40.2. The highest BCUT2D eigenvalue weighted by Crippen LogP contribution is 2.48. The number of fused-ring (bicyclic) bond motifs is 2. The Hall–Kier alpha value is -3.23. The number of nitrogens with zero attached hydrogens (tertiary/aromatic N) is 2. The highest BCUT2D eigenvalue weighted by atomic mass is 19.1. The maximum Gasteiger partial charge on any atom is 0.275 e. The standard InChI is InChI=1S/C22H21F2N3O4/c23-14-4-3-13(16(24)6-14)8-25-20(30)15-10-26-11-22-5-1-2-12(7-22)9-27(22)21(31)17(26)19(29)18(15)28/h3-4,6,10,12,29H,1-2,5,7-9,11H2,(H,25,30)/t12-,22+/m1/s1. The van der Waals surface area contributed by atoms with E-state index in [1.165, 1.54) is 16.8 Å². The molecule has 3 aliphatic rings. The van der Waals surface area contributed by atoms with Gasteiger partial charge in [-0.05, 0) is 31.2 Å². The van der Waals surface area contributed by atoms with Crippen molar-refractivity contribution in [3.05, 3.63) is 63.1 Å². The number of hydrogen-bond donors (Lipinski definition) is 2. The smallest absolute Gasteiger partial charge is 0.275 e. The van der Waals surface area contributed by atoms with Crippen LogP contribution in [0.4, 0.5) is 8.78 Å². The summed E-state index contributed by atoms with van der Waals surface area (Å²) >= 11 is 0. The molecule has 2 bridgehead atoms. The topological polar surface area (TPSA) is 91.6 Å². The monoisotopic (exact) mass is 429 g/mol. The van der Waals surface area contributed by atoms with Crippen LogP contribution in [0, 0.1) is 17.6 Å². The number of amides is 2. The molecule has 2 atom stereocenters. The lowest BCUT2D eigenvalue weighted by Crippen LogP contribution is -2.55. The van der Waals surface area contributed by atoms with Gasteiger partial charge in [-0.2, -0.15) is 0 Å². The van der Waals surface area contributed by atoms with Crippen LogP contribution in [0.25, 0.3) is 0 Å². The van der Waals surface area contributed by atoms with E-state index in [9.17, 15) is 28.3 Å². The third kappa shape index (κ3) is 3.02. The molecule has 7 nitrogen and oxygen atoms in total. The van der Waals surface area contributed by atoms with E-state index in [-0.39, 0.29) is 34.8 Å². The zero-order valence-corrected chi connectivity index (χ0v) is 16.7. The molecule has 1 aliphatic carbocycles. The van der Waals surface area contributed by atoms with Crippen LogP contribution in [0.5, 0.6) is 5.75 Å². The first kappa shape index (κ1) is 19.7. The lowest BCUT2D eigenvalue weighted by molar-refractivity contribution is 0.0419. The van der Waals surface area contributed by atoms with E-state index in [0.717, 1.165) is 31.7 Å². The van der Waals surface area contributed by atoms with Crippen LogP contribution in [0.15, 0.2) is 29.2 Å². The summed E-state index contributed by atoms with van der Waals surface area (Å²) in [6.07, 6.45) is 5.08. The van der Waals surface area contributed by atoms with Crippen molar-refractivity contribution in [2.45, 2.75) is 44.3 Å². The van der Waals surface area contributed by atoms with Crippen molar-refractivity contribution >= 4 is 11.8 Å². The summed E-state index contributed by atoms with van der Waals surface area (Å²) in [5.74, 6) is -3.08. The van der Waals surface area contributed by atoms with E-state index in [0.29, 0.717) is 25.1 Å². The Morgan fingerprint density at radius 3 is 2.87 bits per heavy atom. The van der Waals surface area contributed by atoms with Crippen LogP contribution < -0.4 is 10.7 Å². The average Bonchev–Trinajstić information content (AvgIpc) is 2.99. The van der Waals surface area contributed by atoms with Gasteiger partial charge in [0, 0.05) is 37.5 Å². The molecule has 2 amide bonds. The SMILES string of the molecule is O=C(NCc1ccc(F)cc1F)c1cn2c(c(O)c1=O)C(=O)N1C[C@@H]3CCC[C@]1(C3)C2. The molecule has 162 valence electrons. The Labute approximate surface area is 176 Å². The van der Waals surface area contributed by atoms with Crippen molar-refractivity contribution < 1.29 is 23.5 Å². The molecule has 0 radical (unpaired) electrons. The second kappa shape index (κ2) is 6.90. The maximum absolute atomic E-state index is 13.8. The quantitative estimate of drug-likeness (QED) is 0.782. The molecule has 31 heavy (non-hydrogen) atoms. The molecule has 1 aromatic carbocycles. The van der Waals surface area contributed by atoms with Gasteiger partial charge in [-0.15, -0.1) is 0 Å². The number of hydrogen-bond acceptors (Lipinski definition) is 4. The van der Waals surface area contributed by atoms with Crippen molar-refractivity contribution in [3.8, 4) is 5.75 Å². The minimum absolute atomic E-state index is 0.0564. The Morgan fingerprint density at radius 1 is 1.29 bits per heavy atom. The molecule has 1 spiro atoms. The zero-order chi connectivity index (χ0) is 21.9. The number of aromatic hydroxyl groups is 1. The molecule has 2 aromatic rings. The van der Waals surface area contributed by atoms with Gasteiger partial charge in [0.25, 0.3) is 11.8 Å². The summed E-state index contributed by atoms with van der Waals surface area (Å²) in [6.45, 7) is 0.772. The molecule has 5 rings (SSSR count). The predicted octanol–water partition coefficient (Wildman–Crippen LogP) is 2.16. The lowest BCUT2D eigenvalue weighted by Gasteiger charge is -2.44. The second-order valence-electron chi connectivity index (χ2n) is 8.72. The van der Waals surface area contributed by atoms with Gasteiger partial charge in [0.2, 0.25) is 5.43 Å². The summed E-state index contributed by atoms with van der Waals surface area (Å²) in [6, 6.07) is 2.98. The van der Waals surface area contributed by atoms with E-state index in [1.54, 1.807) is 4.90 Å². The predicted molar refractivity (Wildman–Crippen MR) is 106 cm³/mol. The van der Waals surface area contributed by atoms with Gasteiger partial charge in [-0.25, -0.2) is 8.78 Å². The summed E-state index contributed by atoms with van der Waals surface area (Å²) < 4.78 is 28.4. The van der Waals surface area contributed by atoms with Crippen molar-refractivity contribution in [1.82, 2.24) is 14.8 Å². The van der Waals surface area contributed by atoms with E-state index in [2.05, 4.69) is 5.32 Å². The van der Waals surface area contributed by atoms with Gasteiger partial charge in [0.1, 0.15) is 17.2 Å². The van der Waals surface area contributed by atoms with E-state index < -0.39 is 28.7 Å². The van der Waals surface area contributed by atoms with Crippen molar-refractivity contribution in [2.75, 3.05) is 6.54 Å². The molecule has 2 fully saturated rings. The summed E-state index contributed by atoms with van der Waals surface area (Å²) in [5.41, 5.74) is -1.66. The molecule has 3 heterocycles. The molecule has 2 N–H and O–H groups in total. The number of benzene rings is 1. The van der Waals surface area contributed by atoms with Crippen molar-refractivity contribution in [2.24, 2.45) is 5.92 Å². The highest BCUT2D eigenvalue weighted by Gasteiger charge is 2.53. The van der Waals surface area contributed by atoms with Gasteiger partial charge in [-0.1, -0.05) is 12.5 Å². The number of aromatic nitrogens is 1. The van der Waals surface area contributed by atoms with Gasteiger partial charge in [-0.3, -0.25) is 14.4 Å². The number of carbonyl (C=O) groups is 2. The van der Waals surface area contributed by atoms with Gasteiger partial charge in [0.15, 0.2) is 11.4 Å². The summed E-state index contributed by atoms with van der Waals surface area (Å²) in [7, 11) is 0. The van der Waals surface area contributed by atoms with E-state index in [4.69, 9.17) is 0 Å². The van der Waals surface area contributed by atoms with Crippen molar-refractivity contribution in [1.29, 1.82) is 0 Å². The molecular weight excluding hydrogens is 408 g/mol. The fraction of sp³-hybridized carbons (Fsp3) is 0.409. The van der Waals surface area contributed by atoms with E-state index >= 15 is 0 Å². The molecule has 1 aromatic heterocycles. The van der Waals surface area contributed by atoms with Gasteiger partial charge in [0.05, 0.1) is 5.54 Å². The van der Waals surface area contributed by atoms with Crippen LogP contribution in [0.3, 0.4) is 0 Å². The number of carbonyl (C=O) groups excluding carboxylic acids is 2. The molecule has 9 heteroatoms. The fourth-order valence-corrected chi connectivity index (χ4v) is 5.38. The Kier molecular flexibility index (Phi) is 4.39. The third-order valence-corrected chi connectivity index (χ3v) is 6.80. The molecule has 0 unspecified atom stereocenters. The highest BCUT2D eigenvalue weighted by molar-refractivity contribution is 5.99. The molecule has 1 saturated heterocycles. The molecule has 1 saturated carbocycles. The van der Waals surface area contributed by atoms with Gasteiger partial charge >= 0.3 is 0 Å². The number of nitrogens with one attached hydrogen (secondary N) is 1. The van der Waals surface area contributed by atoms with Crippen LogP contribution in [0.1, 0.15) is 52.1 Å². The Balaban J connectivity index is 1.46. The minimum atomic E-state index is -0.949. The average molecular weight is 429 g/mol. The van der Waals surface area contributed by atoms with Crippen molar-refractivity contribution in [3.63, 3.8) is 0 Å². The number of rotatable bonds is 3. The zero-order valence-electron chi connectivity index (χ0n) is 16.7. The van der Waals surface area contributed by atoms with E-state index in [1.807, 2.05) is 0 Å². The Morgan fingerprint density at radius 2 is 2.10 bits per heavy atom. The van der Waals surface area contributed by atoms with Crippen LogP contribution in [-0.4, -0.2) is 38.5 Å². The largest absolute Gasteiger partial charge is 0.503 e. The second-order valence-corrected chi connectivity index (χ2v) is 8.72. The summed E-state index contributed by atoms with van der Waals surface area (Å²) in [5, 5.41) is 12.9. The molecular formula is C22H21F2N3O4. The number of pyridine rings is 1. The molecule has 2 aliphatic heterocycles. The first-order valence-electron chi connectivity index (χ1n) is 10.3. The van der Waals surface area contributed by atoms with Crippen LogP contribution in [-0.2, 0) is 13.1 Å². The lowest BCUT2D eigenvalue weighted by atomic mass is 9.79. The Bertz CT molecular complexity index is 1180. The number of halogens is 2. The fourth-order valence-electron chi connectivity index (χ4n) is 5.38. The first-order valence-corrected chi connectivity index (χ1v) is 10.3. The minimum Gasteiger partial charge on any atom is -0.503 e. The third-order valence-electron chi connectivity index (χ3n) is 6.80.